The fourth-order valence-corrected chi connectivity index (χ4v) is 1.69. The van der Waals surface area contributed by atoms with Crippen LogP contribution in [0.3, 0.4) is 0 Å². The van der Waals surface area contributed by atoms with Gasteiger partial charge in [-0.2, -0.15) is 0 Å². The smallest absolute Gasteiger partial charge is 0.256 e. The molecule has 0 bridgehead atoms. The van der Waals surface area contributed by atoms with E-state index in [-0.39, 0.29) is 11.4 Å². The maximum absolute atomic E-state index is 11.5. The van der Waals surface area contributed by atoms with E-state index in [1.54, 1.807) is 24.3 Å². The van der Waals surface area contributed by atoms with Crippen molar-refractivity contribution in [3.8, 4) is 5.75 Å². The van der Waals surface area contributed by atoms with E-state index in [2.05, 4.69) is 20.9 Å². The van der Waals surface area contributed by atoms with Gasteiger partial charge in [-0.1, -0.05) is 18.2 Å². The van der Waals surface area contributed by atoms with Crippen LogP contribution in [-0.4, -0.2) is 14.8 Å². The molecule has 0 amide bonds. The quantitative estimate of drug-likeness (QED) is 0.774. The maximum Gasteiger partial charge on any atom is 0.256 e. The van der Waals surface area contributed by atoms with Gasteiger partial charge in [0.15, 0.2) is 5.75 Å². The van der Waals surface area contributed by atoms with E-state index in [4.69, 9.17) is 0 Å². The second-order valence-electron chi connectivity index (χ2n) is 3.00. The van der Waals surface area contributed by atoms with E-state index < -0.39 is 10.3 Å². The van der Waals surface area contributed by atoms with Gasteiger partial charge in [0.1, 0.15) is 5.69 Å². The van der Waals surface area contributed by atoms with E-state index in [0.717, 1.165) is 0 Å². The van der Waals surface area contributed by atoms with Crippen LogP contribution < -0.4 is 5.56 Å². The molecule has 2 N–H and O–H groups in total. The molecule has 0 aliphatic rings. The van der Waals surface area contributed by atoms with Crippen molar-refractivity contribution in [2.24, 2.45) is 0 Å². The van der Waals surface area contributed by atoms with Crippen LogP contribution in [0.15, 0.2) is 29.1 Å². The van der Waals surface area contributed by atoms with E-state index >= 15 is 0 Å². The molecule has 4 nitrogen and oxygen atoms in total. The molecule has 15 heavy (non-hydrogen) atoms. The number of rotatable bonds is 1. The third-order valence-electron chi connectivity index (χ3n) is 2.10. The number of aromatic hydroxyl groups is 1. The number of carbonyl (C=O) groups is 1. The molecule has 5 heteroatoms. The first-order valence-corrected chi connectivity index (χ1v) is 4.94. The predicted octanol–water partition coefficient (Wildman–Crippen LogP) is 1.77. The van der Waals surface area contributed by atoms with Crippen molar-refractivity contribution in [2.75, 3.05) is 0 Å². The van der Waals surface area contributed by atoms with Crippen LogP contribution >= 0.6 is 15.9 Å². The minimum Gasteiger partial charge on any atom is -0.505 e. The Morgan fingerprint density at radius 2 is 1.87 bits per heavy atom. The van der Waals surface area contributed by atoms with Crippen molar-refractivity contribution < 1.29 is 9.90 Å². The number of carbonyl (C=O) groups excluding carboxylic acids is 1. The summed E-state index contributed by atoms with van der Waals surface area (Å²) in [5, 5.41) is 10.4. The van der Waals surface area contributed by atoms with Crippen LogP contribution in [0.1, 0.15) is 10.5 Å². The summed E-state index contributed by atoms with van der Waals surface area (Å²) < 4.78 is -0.553. The van der Waals surface area contributed by atoms with Gasteiger partial charge in [0.05, 0.1) is 5.39 Å². The molecule has 0 aliphatic carbocycles. The van der Waals surface area contributed by atoms with Gasteiger partial charge in [-0.3, -0.25) is 9.59 Å². The van der Waals surface area contributed by atoms with Crippen LogP contribution in [0.2, 0.25) is 0 Å². The van der Waals surface area contributed by atoms with Crippen LogP contribution in [-0.2, 0) is 0 Å². The van der Waals surface area contributed by atoms with Gasteiger partial charge in [-0.25, -0.2) is 0 Å². The number of aromatic amines is 1. The van der Waals surface area contributed by atoms with Crippen LogP contribution in [0, 0.1) is 0 Å². The molecule has 0 fully saturated rings. The number of aromatic nitrogens is 1. The summed E-state index contributed by atoms with van der Waals surface area (Å²) in [7, 11) is 0. The number of halogens is 1. The second kappa shape index (κ2) is 3.51. The van der Waals surface area contributed by atoms with Crippen molar-refractivity contribution >= 4 is 31.4 Å². The molecule has 0 radical (unpaired) electrons. The van der Waals surface area contributed by atoms with Gasteiger partial charge in [-0.05, 0) is 22.0 Å². The minimum absolute atomic E-state index is 0.126. The zero-order valence-electron chi connectivity index (χ0n) is 7.45. The van der Waals surface area contributed by atoms with Crippen molar-refractivity contribution in [1.29, 1.82) is 0 Å². The zero-order chi connectivity index (χ0) is 11.0. The zero-order valence-corrected chi connectivity index (χ0v) is 9.04. The van der Waals surface area contributed by atoms with Gasteiger partial charge < -0.3 is 10.1 Å². The summed E-state index contributed by atoms with van der Waals surface area (Å²) in [6, 6.07) is 6.53. The first-order chi connectivity index (χ1) is 7.11. The molecular formula is C10H6BrNO3. The van der Waals surface area contributed by atoms with E-state index in [1.165, 1.54) is 0 Å². The molecule has 0 aliphatic heterocycles. The summed E-state index contributed by atoms with van der Waals surface area (Å²) in [5.41, 5.74) is -0.523. The number of hydrogen-bond acceptors (Lipinski definition) is 3. The molecule has 0 atom stereocenters. The Bertz CT molecular complexity index is 603. The van der Waals surface area contributed by atoms with E-state index in [1.807, 2.05) is 0 Å². The van der Waals surface area contributed by atoms with Gasteiger partial charge in [0.25, 0.3) is 5.56 Å². The molecule has 0 saturated heterocycles. The Hall–Kier alpha value is -1.62. The summed E-state index contributed by atoms with van der Waals surface area (Å²) in [6.07, 6.45) is 0. The SMILES string of the molecule is O=C(Br)c1[nH]c(=O)c2ccccc2c1O. The third kappa shape index (κ3) is 1.55. The van der Waals surface area contributed by atoms with Crippen LogP contribution in [0.5, 0.6) is 5.75 Å². The Morgan fingerprint density at radius 3 is 2.47 bits per heavy atom. The number of nitrogens with one attached hydrogen (secondary N) is 1. The van der Waals surface area contributed by atoms with Gasteiger partial charge in [0, 0.05) is 5.39 Å². The van der Waals surface area contributed by atoms with E-state index in [0.29, 0.717) is 10.8 Å². The Labute approximate surface area is 92.7 Å². The van der Waals surface area contributed by atoms with Crippen molar-refractivity contribution in [3.05, 3.63) is 40.3 Å². The van der Waals surface area contributed by atoms with E-state index in [9.17, 15) is 14.7 Å². The molecule has 2 rings (SSSR count). The molecular weight excluding hydrogens is 262 g/mol. The minimum atomic E-state index is -0.553. The second-order valence-corrected chi connectivity index (χ2v) is 3.72. The highest BCUT2D eigenvalue weighted by atomic mass is 79.9. The molecule has 0 saturated carbocycles. The average molecular weight is 268 g/mol. The molecule has 1 aromatic carbocycles. The number of hydrogen-bond donors (Lipinski definition) is 2. The van der Waals surface area contributed by atoms with Gasteiger partial charge >= 0.3 is 0 Å². The highest BCUT2D eigenvalue weighted by Crippen LogP contribution is 2.25. The highest BCUT2D eigenvalue weighted by molar-refractivity contribution is 9.18. The topological polar surface area (TPSA) is 70.2 Å². The van der Waals surface area contributed by atoms with Crippen molar-refractivity contribution in [2.45, 2.75) is 0 Å². The Kier molecular flexibility index (Phi) is 2.32. The molecule has 76 valence electrons. The fourth-order valence-electron chi connectivity index (χ4n) is 1.40. The summed E-state index contributed by atoms with van der Waals surface area (Å²) in [4.78, 5) is 24.9. The lowest BCUT2D eigenvalue weighted by Crippen LogP contribution is -2.11. The number of fused-ring (bicyclic) bond motifs is 1. The standard InChI is InChI=1S/C10H6BrNO3/c11-9(14)7-8(13)5-3-1-2-4-6(5)10(15)12-7/h1-4,13H,(H,12,15). The molecule has 0 spiro atoms. The lowest BCUT2D eigenvalue weighted by molar-refractivity contribution is 0.108. The summed E-state index contributed by atoms with van der Waals surface area (Å²) in [6.45, 7) is 0. The van der Waals surface area contributed by atoms with Gasteiger partial charge in [0.2, 0.25) is 4.69 Å². The molecule has 2 aromatic rings. The van der Waals surface area contributed by atoms with Crippen LogP contribution in [0.4, 0.5) is 0 Å². The Morgan fingerprint density at radius 1 is 1.27 bits per heavy atom. The monoisotopic (exact) mass is 267 g/mol. The molecule has 1 heterocycles. The predicted molar refractivity (Wildman–Crippen MR) is 59.5 cm³/mol. The average Bonchev–Trinajstić information content (AvgIpc) is 2.23. The normalized spacial score (nSPS) is 10.5. The summed E-state index contributed by atoms with van der Waals surface area (Å²) in [5.74, 6) is -0.216. The molecule has 1 aromatic heterocycles. The molecule has 0 unspecified atom stereocenters. The summed E-state index contributed by atoms with van der Waals surface area (Å²) >= 11 is 2.68. The van der Waals surface area contributed by atoms with Crippen molar-refractivity contribution in [3.63, 3.8) is 0 Å². The Balaban J connectivity index is 2.97. The van der Waals surface area contributed by atoms with Crippen LogP contribution in [0.25, 0.3) is 10.8 Å². The van der Waals surface area contributed by atoms with Gasteiger partial charge in [-0.15, -0.1) is 0 Å². The third-order valence-corrected chi connectivity index (χ3v) is 2.50. The highest BCUT2D eigenvalue weighted by Gasteiger charge is 2.13. The lowest BCUT2D eigenvalue weighted by atomic mass is 10.1. The number of H-pyrrole nitrogens is 1. The first kappa shape index (κ1) is 9.92. The first-order valence-electron chi connectivity index (χ1n) is 4.15. The maximum atomic E-state index is 11.5. The number of pyridine rings is 1. The fraction of sp³-hybridized carbons (Fsp3) is 0. The lowest BCUT2D eigenvalue weighted by Gasteiger charge is -2.03. The largest absolute Gasteiger partial charge is 0.505 e. The number of benzene rings is 1. The van der Waals surface area contributed by atoms with Crippen molar-refractivity contribution in [1.82, 2.24) is 4.98 Å².